The number of carbonyl (C=O) groups excluding carboxylic acids is 9. The maximum Gasteiger partial charge on any atom is 0.410 e. The van der Waals surface area contributed by atoms with Crippen LogP contribution in [-0.2, 0) is 103 Å². The third-order valence-corrected chi connectivity index (χ3v) is 18.9. The molecule has 0 aromatic heterocycles. The number of anilines is 1. The van der Waals surface area contributed by atoms with Gasteiger partial charge in [0.25, 0.3) is 0 Å². The molecule has 1 aliphatic rings. The summed E-state index contributed by atoms with van der Waals surface area (Å²) in [5, 5.41) is 29.8. The second kappa shape index (κ2) is 56.0. The van der Waals surface area contributed by atoms with Gasteiger partial charge in [-0.25, -0.2) is 14.4 Å². The Hall–Kier alpha value is -8.35. The summed E-state index contributed by atoms with van der Waals surface area (Å²) in [5.74, 6) is -7.09. The Labute approximate surface area is 659 Å². The molecule has 1 aliphatic heterocycles. The number of nitrogens with two attached hydrogens (primary N) is 1. The number of carboxylic acids is 1. The molecule has 1 fully saturated rings. The van der Waals surface area contributed by atoms with Gasteiger partial charge in [0.05, 0.1) is 142 Å². The van der Waals surface area contributed by atoms with E-state index in [4.69, 9.17) is 63.4 Å². The minimum Gasteiger partial charge on any atom is -0.480 e. The third-order valence-electron chi connectivity index (χ3n) is 18.9. The van der Waals surface area contributed by atoms with Gasteiger partial charge in [0.2, 0.25) is 41.4 Å². The van der Waals surface area contributed by atoms with Crippen molar-refractivity contribution in [2.45, 2.75) is 175 Å². The number of likely N-dealkylation sites (tertiary alicyclic amines) is 1. The Morgan fingerprint density at radius 3 is 1.65 bits per heavy atom. The molecule has 0 bridgehead atoms. The van der Waals surface area contributed by atoms with Crippen molar-refractivity contribution < 1.29 is 105 Å². The van der Waals surface area contributed by atoms with E-state index in [0.717, 1.165) is 10.5 Å². The van der Waals surface area contributed by atoms with Crippen LogP contribution < -0.4 is 37.6 Å². The smallest absolute Gasteiger partial charge is 0.410 e. The number of hydrogen-bond donors (Lipinski definition) is 8. The van der Waals surface area contributed by atoms with Crippen LogP contribution in [0.5, 0.6) is 0 Å². The first-order valence-electron chi connectivity index (χ1n) is 38.7. The number of nitrogens with zero attached hydrogens (tertiary/aromatic N) is 6. The van der Waals surface area contributed by atoms with Gasteiger partial charge in [-0.15, -0.1) is 0 Å². The lowest BCUT2D eigenvalue weighted by Gasteiger charge is -2.41. The van der Waals surface area contributed by atoms with Crippen LogP contribution in [0.15, 0.2) is 59.7 Å². The number of primary amides is 1. The maximum atomic E-state index is 14.9. The Bertz CT molecular complexity index is 3160. The molecule has 0 aliphatic carbocycles. The van der Waals surface area contributed by atoms with Crippen molar-refractivity contribution in [2.24, 2.45) is 40.4 Å². The topological polar surface area (TPSA) is 449 Å². The molecular weight excluding hydrogens is 1460 g/mol. The van der Waals surface area contributed by atoms with Gasteiger partial charge in [-0.3, -0.25) is 38.5 Å². The minimum atomic E-state index is -1.20. The standard InChI is InChI=1S/C77H127N13O22/c1-14-54(8)68(62(102-12)49-64(92)90-31-19-23-61(90)69(103-13)55(9)70(93)84-60(75(98)99)48-56-20-16-15-17-21-56)88(10)74(97)66(52(4)5)86-73(96)67(53(6)7)89(11)77(101)112-50-57-24-26-58(27-25-57)82-71(94)59(22-18-29-80-76(78)100)83-72(95)65(51(2)3)85-63(91)28-32-104-34-36-106-38-40-108-42-44-110-46-47-111-45-43-109-41-39-107-37-35-105-33-30-81-87-79/h15-17,20-21,24-27,51-55,59-62,65-69H,14,18-19,22-23,28-50H2,1-13H3,(H,82,94)(H,83,95)(H,84,93)(H,85,91)(H,86,96)(H,98,99)(H3,78,80,100)/t54-,55+,59?,60-,61-,62+,65-,66-,67-,68-,69+/m0/s1. The van der Waals surface area contributed by atoms with E-state index >= 15 is 0 Å². The lowest BCUT2D eigenvalue weighted by atomic mass is 9.89. The molecule has 0 spiro atoms. The maximum absolute atomic E-state index is 14.9. The minimum absolute atomic E-state index is 0.0509. The molecule has 3 rings (SSSR count). The molecule has 35 nitrogen and oxygen atoms in total. The van der Waals surface area contributed by atoms with E-state index in [1.54, 1.807) is 109 Å². The number of rotatable bonds is 60. The fourth-order valence-electron chi connectivity index (χ4n) is 12.6. The number of benzene rings is 2. The van der Waals surface area contributed by atoms with Crippen molar-refractivity contribution in [3.05, 3.63) is 76.2 Å². The molecule has 35 heteroatoms. The van der Waals surface area contributed by atoms with Crippen LogP contribution >= 0.6 is 0 Å². The highest BCUT2D eigenvalue weighted by molar-refractivity contribution is 5.98. The highest BCUT2D eigenvalue weighted by Gasteiger charge is 2.44. The van der Waals surface area contributed by atoms with E-state index in [1.165, 1.54) is 26.2 Å². The molecule has 10 amide bonds. The summed E-state index contributed by atoms with van der Waals surface area (Å²) in [7, 11) is 5.97. The first-order valence-corrected chi connectivity index (χ1v) is 38.7. The first-order chi connectivity index (χ1) is 53.6. The van der Waals surface area contributed by atoms with Gasteiger partial charge in [-0.1, -0.05) is 116 Å². The van der Waals surface area contributed by atoms with E-state index < -0.39 is 132 Å². The van der Waals surface area contributed by atoms with Gasteiger partial charge in [0, 0.05) is 71.4 Å². The quantitative estimate of drug-likeness (QED) is 0.0187. The number of urea groups is 1. The average Bonchev–Trinajstić information content (AvgIpc) is 1.43. The zero-order valence-electron chi connectivity index (χ0n) is 67.9. The molecule has 632 valence electrons. The van der Waals surface area contributed by atoms with Gasteiger partial charge in [-0.2, -0.15) is 0 Å². The normalized spacial score (nSPS) is 15.5. The first kappa shape index (κ1) is 97.8. The molecular formula is C77H127N13O22. The van der Waals surface area contributed by atoms with E-state index in [-0.39, 0.29) is 83.4 Å². The van der Waals surface area contributed by atoms with Gasteiger partial charge in [-0.05, 0) is 78.1 Å². The van der Waals surface area contributed by atoms with Crippen LogP contribution in [0.2, 0.25) is 0 Å². The van der Waals surface area contributed by atoms with Crippen LogP contribution in [0.4, 0.5) is 15.3 Å². The summed E-state index contributed by atoms with van der Waals surface area (Å²) >= 11 is 0. The van der Waals surface area contributed by atoms with Crippen LogP contribution in [0, 0.1) is 29.6 Å². The fraction of sp³-hybridized carbons (Fsp3) is 0.714. The predicted octanol–water partition coefficient (Wildman–Crippen LogP) is 5.00. The van der Waals surface area contributed by atoms with Crippen molar-refractivity contribution in [3.8, 4) is 0 Å². The lowest BCUT2D eigenvalue weighted by molar-refractivity contribution is -0.148. The van der Waals surface area contributed by atoms with Crippen LogP contribution in [0.3, 0.4) is 0 Å². The number of likely N-dealkylation sites (N-methyl/N-ethyl adjacent to an activating group) is 2. The molecule has 1 heterocycles. The Balaban J connectivity index is 1.51. The number of carboxylic acid groups (broad SMARTS) is 1. The number of methoxy groups -OCH3 is 2. The van der Waals surface area contributed by atoms with Crippen LogP contribution in [0.1, 0.15) is 118 Å². The van der Waals surface area contributed by atoms with Crippen molar-refractivity contribution in [1.29, 1.82) is 0 Å². The average molecular weight is 1590 g/mol. The predicted molar refractivity (Wildman–Crippen MR) is 415 cm³/mol. The summed E-state index contributed by atoms with van der Waals surface area (Å²) in [5.41, 5.74) is 15.1. The SMILES string of the molecule is CC[C@H](C)[C@@H]([C@@H](CC(=O)N1CCC[C@H]1[C@H](OC)[C@@H](C)C(=O)N[C@@H](Cc1ccccc1)C(=O)O)OC)N(C)C(=O)[C@@H](NC(=O)[C@H](C(C)C)N(C)C(=O)OCc1ccc(NC(=O)C(CCCNC(N)=O)NC(=O)[C@@H](NC(=O)CCOCCOCCOCCOCCOCCOCCOCCOCCN=[N+]=[N-])C(C)C)cc1)C(C)C. The van der Waals surface area contributed by atoms with E-state index in [2.05, 4.69) is 41.9 Å². The van der Waals surface area contributed by atoms with Crippen molar-refractivity contribution >= 4 is 65.1 Å². The van der Waals surface area contributed by atoms with Crippen molar-refractivity contribution in [2.75, 3.05) is 159 Å². The lowest BCUT2D eigenvalue weighted by Crippen LogP contribution is -2.60. The number of azide groups is 1. The van der Waals surface area contributed by atoms with Gasteiger partial charge in [0.15, 0.2) is 0 Å². The van der Waals surface area contributed by atoms with Crippen molar-refractivity contribution in [3.63, 3.8) is 0 Å². The second-order valence-electron chi connectivity index (χ2n) is 28.3. The largest absolute Gasteiger partial charge is 0.480 e. The second-order valence-corrected chi connectivity index (χ2v) is 28.3. The molecule has 1 saturated heterocycles. The number of ether oxygens (including phenoxy) is 11. The Morgan fingerprint density at radius 2 is 1.16 bits per heavy atom. The number of aliphatic carboxylic acids is 1. The highest BCUT2D eigenvalue weighted by atomic mass is 16.6. The molecule has 2 aromatic rings. The molecule has 11 atom stereocenters. The van der Waals surface area contributed by atoms with Crippen LogP contribution in [0.25, 0.3) is 10.4 Å². The number of hydrogen-bond acceptors (Lipinski definition) is 22. The molecule has 0 saturated carbocycles. The van der Waals surface area contributed by atoms with Gasteiger partial charge >= 0.3 is 18.1 Å². The fourth-order valence-corrected chi connectivity index (χ4v) is 12.6. The van der Waals surface area contributed by atoms with E-state index in [1.807, 2.05) is 19.9 Å². The van der Waals surface area contributed by atoms with Crippen LogP contribution in [-0.4, -0.2) is 287 Å². The summed E-state index contributed by atoms with van der Waals surface area (Å²) in [6.45, 7) is 22.3. The molecule has 1 unspecified atom stereocenters. The summed E-state index contributed by atoms with van der Waals surface area (Å²) in [4.78, 5) is 143. The molecule has 0 radical (unpaired) electrons. The molecule has 9 N–H and O–H groups in total. The summed E-state index contributed by atoms with van der Waals surface area (Å²) < 4.78 is 61.5. The Kier molecular flexibility index (Phi) is 48.9. The third kappa shape index (κ3) is 37.1. The molecule has 2 aromatic carbocycles. The number of nitrogens with one attached hydrogen (secondary N) is 6. The van der Waals surface area contributed by atoms with Gasteiger partial charge < -0.3 is 105 Å². The summed E-state index contributed by atoms with van der Waals surface area (Å²) in [6, 6.07) is 7.83. The Morgan fingerprint density at radius 1 is 0.625 bits per heavy atom. The molecule has 112 heavy (non-hydrogen) atoms. The highest BCUT2D eigenvalue weighted by Crippen LogP contribution is 2.30. The number of amides is 10. The zero-order valence-corrected chi connectivity index (χ0v) is 67.9. The van der Waals surface area contributed by atoms with Crippen molar-refractivity contribution in [1.82, 2.24) is 41.3 Å². The number of carbonyl (C=O) groups is 10. The zero-order chi connectivity index (χ0) is 82.9. The summed E-state index contributed by atoms with van der Waals surface area (Å²) in [6.07, 6.45) is -0.511. The van der Waals surface area contributed by atoms with Gasteiger partial charge in [0.1, 0.15) is 36.8 Å². The van der Waals surface area contributed by atoms with E-state index in [9.17, 15) is 53.1 Å². The monoisotopic (exact) mass is 1590 g/mol. The van der Waals surface area contributed by atoms with E-state index in [0.29, 0.717) is 123 Å².